The predicted octanol–water partition coefficient (Wildman–Crippen LogP) is 4.27. The Morgan fingerprint density at radius 1 is 1.14 bits per heavy atom. The number of rotatable bonds is 9. The van der Waals surface area contributed by atoms with Crippen molar-refractivity contribution in [1.29, 1.82) is 0 Å². The van der Waals surface area contributed by atoms with Gasteiger partial charge in [-0.05, 0) is 51.1 Å². The lowest BCUT2D eigenvalue weighted by atomic mass is 10.2. The van der Waals surface area contributed by atoms with Gasteiger partial charge in [-0.25, -0.2) is 4.99 Å². The van der Waals surface area contributed by atoms with Crippen LogP contribution in [0.4, 0.5) is 0 Å². The van der Waals surface area contributed by atoms with Gasteiger partial charge < -0.3 is 13.9 Å². The fourth-order valence-electron chi connectivity index (χ4n) is 1.62. The molecule has 6 heteroatoms. The van der Waals surface area contributed by atoms with E-state index in [0.29, 0.717) is 13.2 Å². The second-order valence-electron chi connectivity index (χ2n) is 6.58. The second-order valence-corrected chi connectivity index (χ2v) is 11.5. The van der Waals surface area contributed by atoms with Crippen LogP contribution in [0, 0.1) is 0 Å². The van der Waals surface area contributed by atoms with Gasteiger partial charge in [0.25, 0.3) is 0 Å². The summed E-state index contributed by atoms with van der Waals surface area (Å²) in [6.07, 6.45) is -0.711. The van der Waals surface area contributed by atoms with Gasteiger partial charge in [-0.1, -0.05) is 20.8 Å². The van der Waals surface area contributed by atoms with Gasteiger partial charge in [0.05, 0.1) is 11.2 Å². The molecule has 0 aromatic heterocycles. The summed E-state index contributed by atoms with van der Waals surface area (Å²) in [5, 5.41) is 2.55. The molecule has 0 radical (unpaired) electrons. The summed E-state index contributed by atoms with van der Waals surface area (Å²) in [5.74, 6) is 0. The van der Waals surface area contributed by atoms with Crippen LogP contribution >= 0.6 is 12.2 Å². The van der Waals surface area contributed by atoms with Gasteiger partial charge in [0.2, 0.25) is 0 Å². The molecule has 0 fully saturated rings. The molecule has 0 aliphatic carbocycles. The minimum atomic E-state index is -1.96. The predicted molar refractivity (Wildman–Crippen MR) is 93.6 cm³/mol. The second kappa shape index (κ2) is 9.13. The van der Waals surface area contributed by atoms with E-state index in [1.807, 2.05) is 20.8 Å². The smallest absolute Gasteiger partial charge is 0.192 e. The van der Waals surface area contributed by atoms with E-state index in [4.69, 9.17) is 26.1 Å². The van der Waals surface area contributed by atoms with Crippen LogP contribution in [-0.4, -0.2) is 45.1 Å². The first kappa shape index (κ1) is 20.9. The lowest BCUT2D eigenvalue weighted by molar-refractivity contribution is -0.188. The van der Waals surface area contributed by atoms with Gasteiger partial charge in [0.15, 0.2) is 14.6 Å². The first-order valence-electron chi connectivity index (χ1n) is 7.58. The van der Waals surface area contributed by atoms with Gasteiger partial charge in [-0.3, -0.25) is 0 Å². The van der Waals surface area contributed by atoms with Crippen molar-refractivity contribution in [1.82, 2.24) is 0 Å². The summed E-state index contributed by atoms with van der Waals surface area (Å²) in [7, 11) is -1.96. The molecule has 0 unspecified atom stereocenters. The third-order valence-corrected chi connectivity index (χ3v) is 8.48. The molecule has 21 heavy (non-hydrogen) atoms. The highest BCUT2D eigenvalue weighted by Gasteiger charge is 2.42. The maximum atomic E-state index is 6.49. The zero-order valence-corrected chi connectivity index (χ0v) is 16.5. The maximum absolute atomic E-state index is 6.49. The normalized spacial score (nSPS) is 15.7. The molecule has 2 atom stereocenters. The van der Waals surface area contributed by atoms with Crippen LogP contribution in [0.2, 0.25) is 18.1 Å². The van der Waals surface area contributed by atoms with Crippen LogP contribution in [0.5, 0.6) is 0 Å². The van der Waals surface area contributed by atoms with E-state index >= 15 is 0 Å². The molecule has 4 nitrogen and oxygen atoms in total. The fourth-order valence-corrected chi connectivity index (χ4v) is 3.13. The number of ether oxygens (including phenoxy) is 2. The number of isothiocyanates is 1. The third-order valence-electron chi connectivity index (χ3n) is 3.90. The number of thiocarbonyl (C=S) groups is 1. The van der Waals surface area contributed by atoms with E-state index in [-0.39, 0.29) is 17.2 Å². The molecular formula is C15H31NO3SSi. The lowest BCUT2D eigenvalue weighted by Gasteiger charge is -2.42. The van der Waals surface area contributed by atoms with E-state index in [1.54, 1.807) is 0 Å². The van der Waals surface area contributed by atoms with Crippen molar-refractivity contribution in [2.24, 2.45) is 4.99 Å². The lowest BCUT2D eigenvalue weighted by Crippen LogP contribution is -2.51. The third kappa shape index (κ3) is 6.68. The van der Waals surface area contributed by atoms with Crippen LogP contribution < -0.4 is 0 Å². The Kier molecular flexibility index (Phi) is 9.08. The summed E-state index contributed by atoms with van der Waals surface area (Å²) >= 11 is 4.74. The van der Waals surface area contributed by atoms with Crippen LogP contribution in [0.15, 0.2) is 4.99 Å². The molecule has 0 aliphatic heterocycles. The van der Waals surface area contributed by atoms with Crippen molar-refractivity contribution >= 4 is 25.7 Å². The number of aliphatic imine (C=N–C) groups is 1. The summed E-state index contributed by atoms with van der Waals surface area (Å²) in [4.78, 5) is 4.18. The Labute approximate surface area is 136 Å². The minimum absolute atomic E-state index is 0.106. The molecule has 0 spiro atoms. The standard InChI is InChI=1S/C15H31NO3SSi/c1-9-17-14(18-10-2)13(12(3)16-11-20)19-21(7,8)15(4,5)6/h12-14H,9-10H2,1-8H3/t12-,13-/m1/s1. The van der Waals surface area contributed by atoms with Crippen molar-refractivity contribution in [3.63, 3.8) is 0 Å². The van der Waals surface area contributed by atoms with Crippen LogP contribution in [-0.2, 0) is 13.9 Å². The summed E-state index contributed by atoms with van der Waals surface area (Å²) < 4.78 is 17.9. The summed E-state index contributed by atoms with van der Waals surface area (Å²) in [6.45, 7) is 18.0. The molecule has 0 bridgehead atoms. The zero-order valence-electron chi connectivity index (χ0n) is 14.7. The van der Waals surface area contributed by atoms with Crippen molar-refractivity contribution < 1.29 is 13.9 Å². The first-order valence-corrected chi connectivity index (χ1v) is 10.9. The number of hydrogen-bond acceptors (Lipinski definition) is 5. The molecule has 0 saturated heterocycles. The van der Waals surface area contributed by atoms with Crippen molar-refractivity contribution in [3.05, 3.63) is 0 Å². The topological polar surface area (TPSA) is 40.0 Å². The van der Waals surface area contributed by atoms with Crippen molar-refractivity contribution in [2.75, 3.05) is 13.2 Å². The highest BCUT2D eigenvalue weighted by molar-refractivity contribution is 7.78. The SMILES string of the molecule is CCOC(OCC)[C@H](O[Si](C)(C)C(C)(C)C)[C@@H](C)N=C=S. The average Bonchev–Trinajstić information content (AvgIpc) is 2.34. The van der Waals surface area contributed by atoms with E-state index in [1.165, 1.54) is 0 Å². The molecule has 0 aromatic carbocycles. The molecule has 0 heterocycles. The number of hydrogen-bond donors (Lipinski definition) is 0. The van der Waals surface area contributed by atoms with Crippen molar-refractivity contribution in [2.45, 2.75) is 78.1 Å². The Morgan fingerprint density at radius 2 is 1.62 bits per heavy atom. The van der Waals surface area contributed by atoms with Crippen LogP contribution in [0.25, 0.3) is 0 Å². The monoisotopic (exact) mass is 333 g/mol. The minimum Gasteiger partial charge on any atom is -0.407 e. The average molecular weight is 334 g/mol. The van der Waals surface area contributed by atoms with Crippen LogP contribution in [0.1, 0.15) is 41.5 Å². The molecule has 0 rings (SSSR count). The Balaban J connectivity index is 5.35. The maximum Gasteiger partial charge on any atom is 0.192 e. The summed E-state index contributed by atoms with van der Waals surface area (Å²) in [6, 6.07) is -0.153. The van der Waals surface area contributed by atoms with E-state index < -0.39 is 14.6 Å². The van der Waals surface area contributed by atoms with E-state index in [2.05, 4.69) is 44.0 Å². The van der Waals surface area contributed by atoms with Gasteiger partial charge in [0.1, 0.15) is 6.10 Å². The molecule has 0 amide bonds. The van der Waals surface area contributed by atoms with Crippen LogP contribution in [0.3, 0.4) is 0 Å². The van der Waals surface area contributed by atoms with E-state index in [9.17, 15) is 0 Å². The van der Waals surface area contributed by atoms with Gasteiger partial charge >= 0.3 is 0 Å². The zero-order chi connectivity index (χ0) is 16.7. The molecular weight excluding hydrogens is 302 g/mol. The Bertz CT molecular complexity index is 345. The summed E-state index contributed by atoms with van der Waals surface area (Å²) in [5.41, 5.74) is 0. The van der Waals surface area contributed by atoms with Crippen molar-refractivity contribution in [3.8, 4) is 0 Å². The fraction of sp³-hybridized carbons (Fsp3) is 0.933. The molecule has 0 aromatic rings. The quantitative estimate of drug-likeness (QED) is 0.273. The van der Waals surface area contributed by atoms with Gasteiger partial charge in [0, 0.05) is 13.2 Å². The number of nitrogens with zero attached hydrogens (tertiary/aromatic N) is 1. The highest BCUT2D eigenvalue weighted by Crippen LogP contribution is 2.38. The van der Waals surface area contributed by atoms with Gasteiger partial charge in [-0.15, -0.1) is 0 Å². The Morgan fingerprint density at radius 3 is 1.95 bits per heavy atom. The van der Waals surface area contributed by atoms with Gasteiger partial charge in [-0.2, -0.15) is 0 Å². The first-order chi connectivity index (χ1) is 9.60. The van der Waals surface area contributed by atoms with E-state index in [0.717, 1.165) is 0 Å². The molecule has 0 aliphatic rings. The molecule has 0 N–H and O–H groups in total. The highest BCUT2D eigenvalue weighted by atomic mass is 32.1. The Hall–Kier alpha value is -0.103. The molecule has 124 valence electrons. The molecule has 0 saturated carbocycles. The largest absolute Gasteiger partial charge is 0.407 e.